The van der Waals surface area contributed by atoms with Crippen LogP contribution < -0.4 is 15.1 Å². The van der Waals surface area contributed by atoms with Crippen LogP contribution in [0.1, 0.15) is 35.3 Å². The minimum absolute atomic E-state index is 0.233. The van der Waals surface area contributed by atoms with E-state index in [1.165, 1.54) is 16.5 Å². The molecule has 1 aromatic heterocycles. The van der Waals surface area contributed by atoms with Crippen LogP contribution in [0.4, 0.5) is 11.8 Å². The first kappa shape index (κ1) is 20.3. The predicted octanol–water partition coefficient (Wildman–Crippen LogP) is 1.39. The van der Waals surface area contributed by atoms with Crippen molar-refractivity contribution in [2.75, 3.05) is 36.5 Å². The summed E-state index contributed by atoms with van der Waals surface area (Å²) in [5, 5.41) is 12.7. The van der Waals surface area contributed by atoms with Crippen molar-refractivity contribution in [3.8, 4) is 0 Å². The molecule has 1 atom stereocenters. The van der Waals surface area contributed by atoms with Gasteiger partial charge in [-0.3, -0.25) is 14.5 Å². The van der Waals surface area contributed by atoms with Gasteiger partial charge in [0.05, 0.1) is 0 Å². The predicted molar refractivity (Wildman–Crippen MR) is 113 cm³/mol. The molecule has 2 aliphatic rings. The van der Waals surface area contributed by atoms with E-state index in [9.17, 15) is 14.7 Å². The van der Waals surface area contributed by atoms with Crippen LogP contribution in [0, 0.1) is 5.92 Å². The lowest BCUT2D eigenvalue weighted by Crippen LogP contribution is -2.33. The molecule has 2 amide bonds. The monoisotopic (exact) mass is 409 g/mol. The van der Waals surface area contributed by atoms with Crippen molar-refractivity contribution in [1.82, 2.24) is 15.3 Å². The largest absolute Gasteiger partial charge is 0.383 e. The second-order valence-corrected chi connectivity index (χ2v) is 8.02. The highest BCUT2D eigenvalue weighted by atomic mass is 16.3. The molecule has 1 aromatic carbocycles. The van der Waals surface area contributed by atoms with Crippen molar-refractivity contribution in [2.45, 2.75) is 31.8 Å². The highest BCUT2D eigenvalue weighted by Gasteiger charge is 2.33. The SMILES string of the molecule is CN(CCc1ccccc1)c1nc(C(=O)NCC2CC2)cc(N2CCC(O)C2=O)n1. The van der Waals surface area contributed by atoms with E-state index in [2.05, 4.69) is 27.4 Å². The Morgan fingerprint density at radius 1 is 1.23 bits per heavy atom. The van der Waals surface area contributed by atoms with Crippen LogP contribution >= 0.6 is 0 Å². The van der Waals surface area contributed by atoms with Crippen molar-refractivity contribution < 1.29 is 14.7 Å². The second kappa shape index (κ2) is 8.79. The lowest BCUT2D eigenvalue weighted by molar-refractivity contribution is -0.124. The molecule has 30 heavy (non-hydrogen) atoms. The van der Waals surface area contributed by atoms with E-state index in [0.717, 1.165) is 19.3 Å². The molecule has 8 heteroatoms. The Kier molecular flexibility index (Phi) is 5.94. The number of rotatable bonds is 8. The number of anilines is 2. The summed E-state index contributed by atoms with van der Waals surface area (Å²) in [6.45, 7) is 1.67. The van der Waals surface area contributed by atoms with E-state index < -0.39 is 12.0 Å². The van der Waals surface area contributed by atoms with E-state index in [0.29, 0.717) is 43.7 Å². The minimum atomic E-state index is -1.02. The number of aromatic nitrogens is 2. The van der Waals surface area contributed by atoms with Gasteiger partial charge in [0.15, 0.2) is 0 Å². The van der Waals surface area contributed by atoms with Crippen molar-refractivity contribution >= 4 is 23.6 Å². The molecule has 1 unspecified atom stereocenters. The molecule has 1 aliphatic heterocycles. The van der Waals surface area contributed by atoms with Crippen molar-refractivity contribution in [3.05, 3.63) is 47.7 Å². The van der Waals surface area contributed by atoms with Crippen LogP contribution in [0.3, 0.4) is 0 Å². The molecule has 0 bridgehead atoms. The summed E-state index contributed by atoms with van der Waals surface area (Å²) in [7, 11) is 1.87. The number of nitrogens with zero attached hydrogens (tertiary/aromatic N) is 4. The van der Waals surface area contributed by atoms with Crippen LogP contribution in [-0.4, -0.2) is 59.7 Å². The summed E-state index contributed by atoms with van der Waals surface area (Å²) in [4.78, 5) is 37.3. The maximum Gasteiger partial charge on any atom is 0.270 e. The molecule has 8 nitrogen and oxygen atoms in total. The fourth-order valence-corrected chi connectivity index (χ4v) is 3.43. The van der Waals surface area contributed by atoms with Gasteiger partial charge in [-0.25, -0.2) is 4.98 Å². The summed E-state index contributed by atoms with van der Waals surface area (Å²) in [5.74, 6) is 0.629. The van der Waals surface area contributed by atoms with Gasteiger partial charge < -0.3 is 15.3 Å². The number of carbonyl (C=O) groups is 2. The van der Waals surface area contributed by atoms with Gasteiger partial charge in [-0.1, -0.05) is 30.3 Å². The lowest BCUT2D eigenvalue weighted by Gasteiger charge is -2.21. The fraction of sp³-hybridized carbons (Fsp3) is 0.455. The van der Waals surface area contributed by atoms with Crippen molar-refractivity contribution in [2.24, 2.45) is 5.92 Å². The molecule has 2 N–H and O–H groups in total. The van der Waals surface area contributed by atoms with Gasteiger partial charge in [-0.15, -0.1) is 0 Å². The molecule has 2 fully saturated rings. The molecule has 0 spiro atoms. The summed E-state index contributed by atoms with van der Waals surface area (Å²) in [5.41, 5.74) is 1.43. The van der Waals surface area contributed by atoms with Crippen LogP contribution in [-0.2, 0) is 11.2 Å². The lowest BCUT2D eigenvalue weighted by atomic mass is 10.1. The van der Waals surface area contributed by atoms with Crippen LogP contribution in [0.15, 0.2) is 36.4 Å². The number of hydrogen-bond acceptors (Lipinski definition) is 6. The molecule has 1 aliphatic carbocycles. The molecule has 0 radical (unpaired) electrons. The number of aliphatic hydroxyl groups is 1. The number of aliphatic hydroxyl groups excluding tert-OH is 1. The number of likely N-dealkylation sites (N-methyl/N-ethyl adjacent to an activating group) is 1. The normalized spacial score (nSPS) is 18.5. The highest BCUT2D eigenvalue weighted by Crippen LogP contribution is 2.28. The Bertz CT molecular complexity index is 916. The zero-order chi connectivity index (χ0) is 21.1. The van der Waals surface area contributed by atoms with Gasteiger partial charge in [-0.05, 0) is 30.7 Å². The summed E-state index contributed by atoms with van der Waals surface area (Å²) >= 11 is 0. The van der Waals surface area contributed by atoms with E-state index in [-0.39, 0.29) is 11.6 Å². The van der Waals surface area contributed by atoms with Gasteiger partial charge >= 0.3 is 0 Å². The molecule has 2 heterocycles. The molecular formula is C22H27N5O3. The average Bonchev–Trinajstić information content (AvgIpc) is 3.54. The molecule has 2 aromatic rings. The van der Waals surface area contributed by atoms with Gasteiger partial charge in [0.1, 0.15) is 17.6 Å². The third-order valence-corrected chi connectivity index (χ3v) is 5.56. The molecular weight excluding hydrogens is 382 g/mol. The zero-order valence-corrected chi connectivity index (χ0v) is 17.1. The van der Waals surface area contributed by atoms with Gasteiger partial charge in [0.25, 0.3) is 11.8 Å². The molecule has 4 rings (SSSR count). The third-order valence-electron chi connectivity index (χ3n) is 5.56. The van der Waals surface area contributed by atoms with E-state index in [1.807, 2.05) is 30.1 Å². The summed E-state index contributed by atoms with van der Waals surface area (Å²) < 4.78 is 0. The Morgan fingerprint density at radius 3 is 2.67 bits per heavy atom. The first-order chi connectivity index (χ1) is 14.5. The van der Waals surface area contributed by atoms with Crippen LogP contribution in [0.5, 0.6) is 0 Å². The van der Waals surface area contributed by atoms with Crippen molar-refractivity contribution in [1.29, 1.82) is 0 Å². The van der Waals surface area contributed by atoms with Gasteiger partial charge in [0.2, 0.25) is 5.95 Å². The molecule has 1 saturated carbocycles. The molecule has 158 valence electrons. The Hall–Kier alpha value is -3.00. The maximum atomic E-state index is 12.7. The first-order valence-electron chi connectivity index (χ1n) is 10.4. The highest BCUT2D eigenvalue weighted by molar-refractivity contribution is 5.99. The first-order valence-corrected chi connectivity index (χ1v) is 10.4. The summed E-state index contributed by atoms with van der Waals surface area (Å²) in [6.07, 6.45) is 2.42. The smallest absolute Gasteiger partial charge is 0.270 e. The third kappa shape index (κ3) is 4.76. The maximum absolute atomic E-state index is 12.7. The van der Waals surface area contributed by atoms with E-state index >= 15 is 0 Å². The standard InChI is InChI=1S/C22H27N5O3/c1-26(11-9-15-5-3-2-4-6-15)22-24-17(20(29)23-14-16-7-8-16)13-19(25-22)27-12-10-18(28)21(27)30/h2-6,13,16,18,28H,7-12,14H2,1H3,(H,23,29). The number of nitrogens with one attached hydrogen (secondary N) is 1. The zero-order valence-electron chi connectivity index (χ0n) is 17.1. The second-order valence-electron chi connectivity index (χ2n) is 8.02. The van der Waals surface area contributed by atoms with E-state index in [4.69, 9.17) is 0 Å². The minimum Gasteiger partial charge on any atom is -0.383 e. The Labute approximate surface area is 175 Å². The van der Waals surface area contributed by atoms with Gasteiger partial charge in [0, 0.05) is 39.2 Å². The Balaban J connectivity index is 1.55. The number of amides is 2. The average molecular weight is 409 g/mol. The van der Waals surface area contributed by atoms with Crippen LogP contribution in [0.25, 0.3) is 0 Å². The summed E-state index contributed by atoms with van der Waals surface area (Å²) in [6, 6.07) is 11.6. The number of hydrogen-bond donors (Lipinski definition) is 2. The quantitative estimate of drug-likeness (QED) is 0.684. The van der Waals surface area contributed by atoms with E-state index in [1.54, 1.807) is 0 Å². The van der Waals surface area contributed by atoms with Gasteiger partial charge in [-0.2, -0.15) is 4.98 Å². The fourth-order valence-electron chi connectivity index (χ4n) is 3.43. The van der Waals surface area contributed by atoms with Crippen molar-refractivity contribution in [3.63, 3.8) is 0 Å². The van der Waals surface area contributed by atoms with Crippen LogP contribution in [0.2, 0.25) is 0 Å². The topological polar surface area (TPSA) is 98.7 Å². The number of carbonyl (C=O) groups excluding carboxylic acids is 2. The Morgan fingerprint density at radius 2 is 2.00 bits per heavy atom. The molecule has 1 saturated heterocycles. The number of benzene rings is 1.